The molecule has 0 aromatic heterocycles. The van der Waals surface area contributed by atoms with E-state index >= 15 is 9.59 Å². The fraction of sp³-hybridized carbons (Fsp3) is 0.604. The zero-order valence-corrected chi connectivity index (χ0v) is 45.2. The van der Waals surface area contributed by atoms with E-state index in [2.05, 4.69) is 16.0 Å². The lowest BCUT2D eigenvalue weighted by atomic mass is 9.97. The van der Waals surface area contributed by atoms with Gasteiger partial charge in [0.2, 0.25) is 47.3 Å². The van der Waals surface area contributed by atoms with Crippen molar-refractivity contribution in [3.8, 4) is 0 Å². The molecule has 1 aliphatic heterocycles. The van der Waals surface area contributed by atoms with Crippen LogP contribution < -0.4 is 16.0 Å². The largest absolute Gasteiger partial charge is 0.391 e. The number of imide groups is 1. The second-order valence-electron chi connectivity index (χ2n) is 20.4. The monoisotopic (exact) mass is 1020 g/mol. The summed E-state index contributed by atoms with van der Waals surface area (Å²) in [6.45, 7) is 13.8. The number of ether oxygens (including phenoxy) is 1. The van der Waals surface area contributed by atoms with Crippen LogP contribution in [-0.4, -0.2) is 197 Å². The van der Waals surface area contributed by atoms with Gasteiger partial charge in [-0.25, -0.2) is 4.79 Å². The number of amides is 10. The molecule has 1 aliphatic rings. The zero-order valence-electron chi connectivity index (χ0n) is 45.2. The quantitative estimate of drug-likeness (QED) is 0.126. The van der Waals surface area contributed by atoms with Crippen LogP contribution in [0.2, 0.25) is 0 Å². The molecule has 20 heteroatoms. The van der Waals surface area contributed by atoms with Gasteiger partial charge in [0, 0.05) is 68.1 Å². The Bertz CT molecular complexity index is 2200. The van der Waals surface area contributed by atoms with Gasteiger partial charge in [-0.05, 0) is 77.3 Å². The van der Waals surface area contributed by atoms with E-state index in [1.807, 2.05) is 19.9 Å². The maximum atomic E-state index is 15.2. The van der Waals surface area contributed by atoms with Crippen molar-refractivity contribution in [2.24, 2.45) is 5.92 Å². The number of urea groups is 1. The molecule has 7 atom stereocenters. The molecular formula is C53H81N9O11. The van der Waals surface area contributed by atoms with Crippen LogP contribution in [-0.2, 0) is 55.9 Å². The van der Waals surface area contributed by atoms with Crippen molar-refractivity contribution in [2.45, 2.75) is 142 Å². The Hall–Kier alpha value is -6.41. The molecule has 1 heterocycles. The number of piperidine rings is 1. The number of likely N-dealkylation sites (tertiary alicyclic amines) is 1. The molecule has 404 valence electrons. The molecule has 0 bridgehead atoms. The average molecular weight is 1020 g/mol. The summed E-state index contributed by atoms with van der Waals surface area (Å²) in [6.07, 6.45) is 1.51. The summed E-state index contributed by atoms with van der Waals surface area (Å²) in [5, 5.41) is 18.4. The van der Waals surface area contributed by atoms with Crippen LogP contribution >= 0.6 is 0 Å². The number of nitrogens with one attached hydrogen (secondary N) is 3. The van der Waals surface area contributed by atoms with Gasteiger partial charge < -0.3 is 50.3 Å². The van der Waals surface area contributed by atoms with E-state index in [9.17, 15) is 38.7 Å². The lowest BCUT2D eigenvalue weighted by molar-refractivity contribution is -0.154. The predicted octanol–water partition coefficient (Wildman–Crippen LogP) is 2.21. The summed E-state index contributed by atoms with van der Waals surface area (Å²) in [5.74, 6) is -5.02. The normalized spacial score (nSPS) is 15.5. The Morgan fingerprint density at radius 2 is 1.12 bits per heavy atom. The van der Waals surface area contributed by atoms with Gasteiger partial charge in [-0.2, -0.15) is 0 Å². The van der Waals surface area contributed by atoms with Crippen LogP contribution in [0.15, 0.2) is 60.7 Å². The molecule has 0 spiro atoms. The molecular weight excluding hydrogens is 939 g/mol. The van der Waals surface area contributed by atoms with E-state index in [-0.39, 0.29) is 44.2 Å². The number of aliphatic hydroxyl groups excluding tert-OH is 1. The number of carbonyl (C=O) groups excluding carboxylic acids is 9. The third-order valence-corrected chi connectivity index (χ3v) is 13.1. The molecule has 1 saturated heterocycles. The van der Waals surface area contributed by atoms with Crippen molar-refractivity contribution in [3.05, 3.63) is 71.8 Å². The number of carbonyl (C=O) groups is 9. The third-order valence-electron chi connectivity index (χ3n) is 13.1. The third kappa shape index (κ3) is 18.2. The van der Waals surface area contributed by atoms with Crippen LogP contribution in [0.4, 0.5) is 4.79 Å². The van der Waals surface area contributed by atoms with Crippen LogP contribution in [0.5, 0.6) is 0 Å². The molecule has 0 unspecified atom stereocenters. The first kappa shape index (κ1) is 60.9. The lowest BCUT2D eigenvalue weighted by Gasteiger charge is -2.39. The first-order chi connectivity index (χ1) is 34.2. The van der Waals surface area contributed by atoms with Gasteiger partial charge in [0.25, 0.3) is 0 Å². The Kier molecular flexibility index (Phi) is 23.5. The van der Waals surface area contributed by atoms with Crippen molar-refractivity contribution in [3.63, 3.8) is 0 Å². The predicted molar refractivity (Wildman–Crippen MR) is 275 cm³/mol. The van der Waals surface area contributed by atoms with Gasteiger partial charge >= 0.3 is 6.03 Å². The van der Waals surface area contributed by atoms with Gasteiger partial charge in [0.15, 0.2) is 0 Å². The number of hydrogen-bond acceptors (Lipinski definition) is 11. The second-order valence-corrected chi connectivity index (χ2v) is 20.4. The minimum Gasteiger partial charge on any atom is -0.391 e. The molecule has 2 aromatic carbocycles. The van der Waals surface area contributed by atoms with Gasteiger partial charge in [-0.15, -0.1) is 0 Å². The van der Waals surface area contributed by atoms with Crippen LogP contribution in [0.1, 0.15) is 92.2 Å². The van der Waals surface area contributed by atoms with E-state index in [1.165, 1.54) is 63.8 Å². The maximum absolute atomic E-state index is 15.2. The number of nitrogens with zero attached hydrogens (tertiary/aromatic N) is 6. The van der Waals surface area contributed by atoms with Crippen molar-refractivity contribution in [1.29, 1.82) is 0 Å². The molecule has 3 rings (SSSR count). The molecule has 10 amide bonds. The Morgan fingerprint density at radius 3 is 1.58 bits per heavy atom. The van der Waals surface area contributed by atoms with Crippen molar-refractivity contribution in [2.75, 3.05) is 61.5 Å². The standard InChI is InChI=1S/C53H81N9O11/c1-34(2)29-41(47(67)55-40(33-73-53(6,7)8)46(66)54-32-44(65)62-27-21-16-22-28-62)59(11)49(69)43(31-39-25-19-15-20-26-39)61(13)50(70)42(30-38-23-17-14-18-24-38)60(12)48(68)35(3)57(9)51(71)45(36(4)63)56-52(72)58(10)37(5)64/h14-15,17-20,23-26,34-36,40-43,45,63H,16,21-22,27-33H2,1-13H3,(H,54,66)(H,55,67)(H,56,72)/t35-,36+,40-,41-,42-,43-,45-/m0/s1. The number of likely N-dealkylation sites (N-methyl/N-ethyl adjacent to an activating group) is 4. The molecule has 0 saturated carbocycles. The highest BCUT2D eigenvalue weighted by Gasteiger charge is 2.42. The molecule has 0 radical (unpaired) electrons. The topological polar surface area (TPSA) is 239 Å². The molecule has 4 N–H and O–H groups in total. The summed E-state index contributed by atoms with van der Waals surface area (Å²) >= 11 is 0. The van der Waals surface area contributed by atoms with Crippen molar-refractivity contribution < 1.29 is 53.0 Å². The van der Waals surface area contributed by atoms with Gasteiger partial charge in [-0.3, -0.25) is 43.3 Å². The van der Waals surface area contributed by atoms with E-state index in [0.717, 1.165) is 36.0 Å². The van der Waals surface area contributed by atoms with Crippen LogP contribution in [0.25, 0.3) is 0 Å². The summed E-state index contributed by atoms with van der Waals surface area (Å²) in [6, 6.07) is 9.31. The summed E-state index contributed by atoms with van der Waals surface area (Å²) < 4.78 is 5.98. The SMILES string of the molecule is CC(=O)N(C)C(=O)N[C@H](C(=O)N(C)[C@@H](C)C(=O)N(C)[C@@H](Cc1ccccc1)C(=O)N(C)[C@@H](Cc1ccccc1)C(=O)N(C)[C@@H](CC(C)C)C(=O)N[C@@H](COC(C)(C)C)C(=O)NCC(=O)N1CCCCC1)[C@@H](C)O. The first-order valence-electron chi connectivity index (χ1n) is 25.0. The van der Waals surface area contributed by atoms with E-state index < -0.39 is 95.3 Å². The number of benzene rings is 2. The van der Waals surface area contributed by atoms with Gasteiger partial charge in [0.05, 0.1) is 24.9 Å². The van der Waals surface area contributed by atoms with E-state index in [0.29, 0.717) is 24.2 Å². The van der Waals surface area contributed by atoms with Crippen molar-refractivity contribution >= 4 is 53.3 Å². The van der Waals surface area contributed by atoms with Crippen molar-refractivity contribution in [1.82, 2.24) is 45.3 Å². The Morgan fingerprint density at radius 1 is 0.644 bits per heavy atom. The molecule has 0 aliphatic carbocycles. The molecule has 20 nitrogen and oxygen atoms in total. The fourth-order valence-electron chi connectivity index (χ4n) is 8.23. The van der Waals surface area contributed by atoms with E-state index in [1.54, 1.807) is 80.3 Å². The van der Waals surface area contributed by atoms with Gasteiger partial charge in [0.1, 0.15) is 36.3 Å². The molecule has 1 fully saturated rings. The minimum atomic E-state index is -1.55. The fourth-order valence-corrected chi connectivity index (χ4v) is 8.23. The van der Waals surface area contributed by atoms with Gasteiger partial charge in [-0.1, -0.05) is 74.5 Å². The summed E-state index contributed by atoms with van der Waals surface area (Å²) in [4.78, 5) is 132. The first-order valence-corrected chi connectivity index (χ1v) is 25.0. The molecule has 73 heavy (non-hydrogen) atoms. The summed E-state index contributed by atoms with van der Waals surface area (Å²) in [5.41, 5.74) is 0.678. The summed E-state index contributed by atoms with van der Waals surface area (Å²) in [7, 11) is 6.85. The van der Waals surface area contributed by atoms with E-state index in [4.69, 9.17) is 4.74 Å². The highest BCUT2D eigenvalue weighted by Crippen LogP contribution is 2.21. The smallest absolute Gasteiger partial charge is 0.324 e. The minimum absolute atomic E-state index is 0.00635. The number of aliphatic hydroxyl groups is 1. The molecule has 2 aromatic rings. The lowest BCUT2D eigenvalue weighted by Crippen LogP contribution is -2.61. The van der Waals surface area contributed by atoms with Crippen LogP contribution in [0, 0.1) is 5.92 Å². The van der Waals surface area contributed by atoms with Crippen LogP contribution in [0.3, 0.4) is 0 Å². The maximum Gasteiger partial charge on any atom is 0.324 e. The highest BCUT2D eigenvalue weighted by atomic mass is 16.5. The second kappa shape index (κ2) is 28.2. The Balaban J connectivity index is 2.02. The average Bonchev–Trinajstić information content (AvgIpc) is 3.36. The zero-order chi connectivity index (χ0) is 54.9. The number of hydrogen-bond donors (Lipinski definition) is 4. The highest BCUT2D eigenvalue weighted by molar-refractivity contribution is 5.98. The Labute approximate surface area is 431 Å². The number of rotatable bonds is 23.